The van der Waals surface area contributed by atoms with Crippen molar-refractivity contribution in [2.24, 2.45) is 0 Å². The highest BCUT2D eigenvalue weighted by molar-refractivity contribution is 9.10. The minimum absolute atomic E-state index is 0.0592. The van der Waals surface area contributed by atoms with Gasteiger partial charge in [-0.1, -0.05) is 0 Å². The van der Waals surface area contributed by atoms with Gasteiger partial charge >= 0.3 is 0 Å². The first kappa shape index (κ1) is 13.0. The Kier molecular flexibility index (Phi) is 3.91. The number of benzene rings is 2. The van der Waals surface area contributed by atoms with Crippen LogP contribution in [0.1, 0.15) is 5.56 Å². The molecule has 0 N–H and O–H groups in total. The number of rotatable bonds is 3. The minimum Gasteiger partial charge on any atom is -0.488 e. The number of ether oxygens (including phenoxy) is 1. The predicted molar refractivity (Wildman–Crippen MR) is 64.8 cm³/mol. The summed E-state index contributed by atoms with van der Waals surface area (Å²) in [5.74, 6) is -1.32. The van der Waals surface area contributed by atoms with E-state index in [0.717, 1.165) is 12.1 Å². The van der Waals surface area contributed by atoms with Crippen molar-refractivity contribution < 1.29 is 17.9 Å². The number of halogens is 4. The molecule has 1 nitrogen and oxygen atoms in total. The molecule has 0 amide bonds. The standard InChI is InChI=1S/C13H8BrF3O/c14-11-5-9(15)3-4-13(11)18-7-8-1-2-10(16)6-12(8)17/h1-6H,7H2. The van der Waals surface area contributed by atoms with E-state index in [1.807, 2.05) is 0 Å². The second-order valence-electron chi connectivity index (χ2n) is 3.60. The van der Waals surface area contributed by atoms with Gasteiger partial charge < -0.3 is 4.74 Å². The molecule has 0 radical (unpaired) electrons. The molecule has 0 spiro atoms. The third kappa shape index (κ3) is 3.04. The van der Waals surface area contributed by atoms with Crippen LogP contribution in [0.25, 0.3) is 0 Å². The van der Waals surface area contributed by atoms with E-state index in [1.165, 1.54) is 24.3 Å². The quantitative estimate of drug-likeness (QED) is 0.813. The molecule has 0 atom stereocenters. The lowest BCUT2D eigenvalue weighted by atomic mass is 10.2. The first-order valence-electron chi connectivity index (χ1n) is 5.08. The maximum atomic E-state index is 13.3. The van der Waals surface area contributed by atoms with Crippen LogP contribution >= 0.6 is 15.9 Å². The Bertz CT molecular complexity index is 521. The summed E-state index contributed by atoms with van der Waals surface area (Å²) in [7, 11) is 0. The van der Waals surface area contributed by atoms with Crippen LogP contribution in [0.4, 0.5) is 13.2 Å². The lowest BCUT2D eigenvalue weighted by Gasteiger charge is -2.09. The lowest BCUT2D eigenvalue weighted by Crippen LogP contribution is -1.99. The van der Waals surface area contributed by atoms with Crippen LogP contribution in [-0.4, -0.2) is 0 Å². The maximum absolute atomic E-state index is 13.3. The van der Waals surface area contributed by atoms with Crippen molar-refractivity contribution in [3.05, 3.63) is 63.9 Å². The van der Waals surface area contributed by atoms with E-state index in [4.69, 9.17) is 4.74 Å². The van der Waals surface area contributed by atoms with Crippen molar-refractivity contribution in [3.8, 4) is 5.75 Å². The van der Waals surface area contributed by atoms with E-state index in [2.05, 4.69) is 15.9 Å². The summed E-state index contributed by atoms with van der Waals surface area (Å²) in [5, 5.41) is 0. The summed E-state index contributed by atoms with van der Waals surface area (Å²) < 4.78 is 44.6. The molecule has 0 aliphatic heterocycles. The average Bonchev–Trinajstić information content (AvgIpc) is 2.30. The summed E-state index contributed by atoms with van der Waals surface area (Å²) in [4.78, 5) is 0. The van der Waals surface area contributed by atoms with E-state index in [0.29, 0.717) is 10.2 Å². The second-order valence-corrected chi connectivity index (χ2v) is 4.45. The Morgan fingerprint density at radius 3 is 2.28 bits per heavy atom. The molecule has 2 aromatic carbocycles. The fourth-order valence-electron chi connectivity index (χ4n) is 1.39. The molecule has 0 fully saturated rings. The van der Waals surface area contributed by atoms with Gasteiger partial charge in [-0.25, -0.2) is 13.2 Å². The number of hydrogen-bond donors (Lipinski definition) is 0. The van der Waals surface area contributed by atoms with E-state index < -0.39 is 17.5 Å². The third-order valence-corrected chi connectivity index (χ3v) is 2.91. The van der Waals surface area contributed by atoms with Gasteiger partial charge in [-0.3, -0.25) is 0 Å². The zero-order valence-electron chi connectivity index (χ0n) is 9.09. The Morgan fingerprint density at radius 1 is 0.944 bits per heavy atom. The van der Waals surface area contributed by atoms with E-state index in [-0.39, 0.29) is 12.2 Å². The topological polar surface area (TPSA) is 9.23 Å². The number of hydrogen-bond acceptors (Lipinski definition) is 1. The van der Waals surface area contributed by atoms with Crippen molar-refractivity contribution in [1.29, 1.82) is 0 Å². The molecule has 18 heavy (non-hydrogen) atoms. The smallest absolute Gasteiger partial charge is 0.134 e. The fraction of sp³-hybridized carbons (Fsp3) is 0.0769. The highest BCUT2D eigenvalue weighted by Gasteiger charge is 2.07. The van der Waals surface area contributed by atoms with Gasteiger partial charge in [0.15, 0.2) is 0 Å². The molecule has 5 heteroatoms. The Balaban J connectivity index is 2.11. The van der Waals surface area contributed by atoms with Crippen LogP contribution in [0.3, 0.4) is 0 Å². The van der Waals surface area contributed by atoms with Crippen molar-refractivity contribution in [1.82, 2.24) is 0 Å². The summed E-state index contributed by atoms with van der Waals surface area (Å²) >= 11 is 3.13. The van der Waals surface area contributed by atoms with Gasteiger partial charge in [-0.05, 0) is 46.3 Å². The van der Waals surface area contributed by atoms with Crippen LogP contribution in [0.5, 0.6) is 5.75 Å². The highest BCUT2D eigenvalue weighted by atomic mass is 79.9. The zero-order chi connectivity index (χ0) is 13.1. The van der Waals surface area contributed by atoms with Crippen molar-refractivity contribution in [2.75, 3.05) is 0 Å². The molecular formula is C13H8BrF3O. The summed E-state index contributed by atoms with van der Waals surface area (Å²) in [5.41, 5.74) is 0.229. The molecule has 2 aromatic rings. The summed E-state index contributed by atoms with van der Waals surface area (Å²) in [6.07, 6.45) is 0. The maximum Gasteiger partial charge on any atom is 0.134 e. The molecule has 94 valence electrons. The van der Waals surface area contributed by atoms with Crippen LogP contribution < -0.4 is 4.74 Å². The molecule has 0 saturated carbocycles. The summed E-state index contributed by atoms with van der Waals surface area (Å²) in [6.45, 7) is -0.0592. The highest BCUT2D eigenvalue weighted by Crippen LogP contribution is 2.26. The molecule has 0 heterocycles. The van der Waals surface area contributed by atoms with E-state index >= 15 is 0 Å². The van der Waals surface area contributed by atoms with E-state index in [9.17, 15) is 13.2 Å². The van der Waals surface area contributed by atoms with Crippen LogP contribution in [0.2, 0.25) is 0 Å². The van der Waals surface area contributed by atoms with Gasteiger partial charge in [-0.2, -0.15) is 0 Å². The predicted octanol–water partition coefficient (Wildman–Crippen LogP) is 4.45. The third-order valence-electron chi connectivity index (χ3n) is 2.29. The Labute approximate surface area is 110 Å². The van der Waals surface area contributed by atoms with Gasteiger partial charge in [0.05, 0.1) is 4.47 Å². The Morgan fingerprint density at radius 2 is 1.61 bits per heavy atom. The van der Waals surface area contributed by atoms with Gasteiger partial charge in [0.2, 0.25) is 0 Å². The molecule has 0 saturated heterocycles. The van der Waals surface area contributed by atoms with Gasteiger partial charge in [-0.15, -0.1) is 0 Å². The Hall–Kier alpha value is -1.49. The van der Waals surface area contributed by atoms with Gasteiger partial charge in [0, 0.05) is 11.6 Å². The normalized spacial score (nSPS) is 10.4. The second kappa shape index (κ2) is 5.44. The molecule has 0 aliphatic rings. The molecule has 0 aromatic heterocycles. The first-order valence-corrected chi connectivity index (χ1v) is 5.87. The van der Waals surface area contributed by atoms with Crippen molar-refractivity contribution in [3.63, 3.8) is 0 Å². The van der Waals surface area contributed by atoms with Crippen molar-refractivity contribution >= 4 is 15.9 Å². The monoisotopic (exact) mass is 316 g/mol. The minimum atomic E-state index is -0.673. The average molecular weight is 317 g/mol. The zero-order valence-corrected chi connectivity index (χ0v) is 10.7. The first-order chi connectivity index (χ1) is 8.56. The van der Waals surface area contributed by atoms with Gasteiger partial charge in [0.25, 0.3) is 0 Å². The van der Waals surface area contributed by atoms with Crippen LogP contribution in [-0.2, 0) is 6.61 Å². The lowest BCUT2D eigenvalue weighted by molar-refractivity contribution is 0.297. The van der Waals surface area contributed by atoms with E-state index in [1.54, 1.807) is 0 Å². The molecule has 0 aliphatic carbocycles. The largest absolute Gasteiger partial charge is 0.488 e. The molecule has 2 rings (SSSR count). The molecule has 0 bridgehead atoms. The SMILES string of the molecule is Fc1ccc(COc2ccc(F)cc2Br)c(F)c1. The molecule has 0 unspecified atom stereocenters. The van der Waals surface area contributed by atoms with Crippen LogP contribution in [0, 0.1) is 17.5 Å². The van der Waals surface area contributed by atoms with Gasteiger partial charge in [0.1, 0.15) is 29.8 Å². The van der Waals surface area contributed by atoms with Crippen molar-refractivity contribution in [2.45, 2.75) is 6.61 Å². The summed E-state index contributed by atoms with van der Waals surface area (Å²) in [6, 6.07) is 7.17. The van der Waals surface area contributed by atoms with Crippen LogP contribution in [0.15, 0.2) is 40.9 Å². The fourth-order valence-corrected chi connectivity index (χ4v) is 1.85. The molecular weight excluding hydrogens is 309 g/mol.